The normalized spacial score (nSPS) is 14.9. The van der Waals surface area contributed by atoms with Crippen LogP contribution in [0.1, 0.15) is 50.1 Å². The summed E-state index contributed by atoms with van der Waals surface area (Å²) in [5.74, 6) is 0.754. The van der Waals surface area contributed by atoms with Crippen molar-refractivity contribution in [1.82, 2.24) is 14.5 Å². The molecule has 3 heteroatoms. The van der Waals surface area contributed by atoms with Gasteiger partial charge in [0.2, 0.25) is 0 Å². The second-order valence-electron chi connectivity index (χ2n) is 14.6. The van der Waals surface area contributed by atoms with E-state index in [1.54, 1.807) is 0 Å². The Kier molecular flexibility index (Phi) is 5.69. The van der Waals surface area contributed by atoms with E-state index in [1.807, 2.05) is 6.07 Å². The molecule has 0 bridgehead atoms. The second kappa shape index (κ2) is 9.87. The first-order valence-electron chi connectivity index (χ1n) is 17.2. The number of nitrogens with zero attached hydrogens (tertiary/aromatic N) is 3. The molecule has 3 nitrogen and oxygen atoms in total. The monoisotopic (exact) mass is 629 g/mol. The summed E-state index contributed by atoms with van der Waals surface area (Å²) in [7, 11) is 0. The van der Waals surface area contributed by atoms with Crippen LogP contribution in [0.4, 0.5) is 0 Å². The lowest BCUT2D eigenvalue weighted by Crippen LogP contribution is -2.17. The van der Waals surface area contributed by atoms with Gasteiger partial charge in [-0.05, 0) is 57.6 Å². The zero-order chi connectivity index (χ0) is 33.1. The summed E-state index contributed by atoms with van der Waals surface area (Å²) in [4.78, 5) is 10.8. The largest absolute Gasteiger partial charge is 0.309 e. The molecule has 2 aromatic heterocycles. The lowest BCUT2D eigenvalue weighted by Gasteiger charge is -2.22. The number of benzene rings is 6. The molecule has 0 N–H and O–H groups in total. The van der Waals surface area contributed by atoms with Crippen molar-refractivity contribution in [3.05, 3.63) is 162 Å². The van der Waals surface area contributed by atoms with E-state index in [1.165, 1.54) is 55.2 Å². The van der Waals surface area contributed by atoms with Crippen LogP contribution in [-0.4, -0.2) is 14.5 Å². The van der Waals surface area contributed by atoms with E-state index in [0.29, 0.717) is 0 Å². The van der Waals surface area contributed by atoms with Gasteiger partial charge in [0, 0.05) is 38.3 Å². The Morgan fingerprint density at radius 2 is 1.10 bits per heavy atom. The molecule has 0 radical (unpaired) electrons. The quantitative estimate of drug-likeness (QED) is 0.195. The van der Waals surface area contributed by atoms with Crippen molar-refractivity contribution in [2.24, 2.45) is 0 Å². The Morgan fingerprint density at radius 3 is 1.90 bits per heavy atom. The third-order valence-electron chi connectivity index (χ3n) is 11.2. The number of hydrogen-bond donors (Lipinski definition) is 0. The molecule has 234 valence electrons. The van der Waals surface area contributed by atoms with Gasteiger partial charge in [-0.1, -0.05) is 143 Å². The molecule has 2 aliphatic rings. The van der Waals surface area contributed by atoms with E-state index in [0.717, 1.165) is 39.6 Å². The first-order valence-corrected chi connectivity index (χ1v) is 17.2. The van der Waals surface area contributed by atoms with Crippen molar-refractivity contribution in [3.8, 4) is 50.6 Å². The van der Waals surface area contributed by atoms with Crippen LogP contribution in [0.25, 0.3) is 72.4 Å². The number of hydrogen-bond acceptors (Lipinski definition) is 2. The van der Waals surface area contributed by atoms with Crippen molar-refractivity contribution in [1.29, 1.82) is 0 Å². The molecule has 8 aromatic rings. The minimum absolute atomic E-state index is 0.0726. The first kappa shape index (κ1) is 28.2. The third kappa shape index (κ3) is 3.79. The van der Waals surface area contributed by atoms with E-state index < -0.39 is 0 Å². The van der Waals surface area contributed by atoms with Crippen LogP contribution in [0, 0.1) is 0 Å². The maximum atomic E-state index is 5.46. The molecular weight excluding hydrogens is 595 g/mol. The van der Waals surface area contributed by atoms with Gasteiger partial charge in [0.25, 0.3) is 0 Å². The molecule has 0 atom stereocenters. The number of fused-ring (bicyclic) bond motifs is 9. The standard InChI is InChI=1S/C46H35N3/c1-45(2)35-22-12-8-18-29(35)33-27-40-34(26-37(33)45)30-19-10-14-24-38(30)49(40)39-25-15-11-21-32(39)42-41-31-20-9-13-23-36(31)46(3,4)43(41)48-44(47-42)28-16-6-5-7-17-28/h5-27H,1-4H3. The Labute approximate surface area is 286 Å². The van der Waals surface area contributed by atoms with Crippen molar-refractivity contribution >= 4 is 21.8 Å². The van der Waals surface area contributed by atoms with Gasteiger partial charge in [-0.25, -0.2) is 9.97 Å². The number of para-hydroxylation sites is 2. The summed E-state index contributed by atoms with van der Waals surface area (Å²) in [6.45, 7) is 9.30. The second-order valence-corrected chi connectivity index (χ2v) is 14.6. The fraction of sp³-hybridized carbons (Fsp3) is 0.130. The van der Waals surface area contributed by atoms with E-state index in [2.05, 4.69) is 166 Å². The maximum Gasteiger partial charge on any atom is 0.160 e. The number of rotatable bonds is 3. The van der Waals surface area contributed by atoms with Gasteiger partial charge in [0.15, 0.2) is 5.82 Å². The van der Waals surface area contributed by atoms with Gasteiger partial charge in [-0.15, -0.1) is 0 Å². The zero-order valence-corrected chi connectivity index (χ0v) is 28.1. The lowest BCUT2D eigenvalue weighted by atomic mass is 9.82. The van der Waals surface area contributed by atoms with Gasteiger partial charge in [-0.2, -0.15) is 0 Å². The molecule has 49 heavy (non-hydrogen) atoms. The summed E-state index contributed by atoms with van der Waals surface area (Å²) >= 11 is 0. The molecular formula is C46H35N3. The van der Waals surface area contributed by atoms with Gasteiger partial charge in [0.05, 0.1) is 28.1 Å². The summed E-state index contributed by atoms with van der Waals surface area (Å²) in [5, 5.41) is 2.53. The van der Waals surface area contributed by atoms with Crippen molar-refractivity contribution < 1.29 is 0 Å². The van der Waals surface area contributed by atoms with Gasteiger partial charge in [0.1, 0.15) is 0 Å². The van der Waals surface area contributed by atoms with Crippen molar-refractivity contribution in [3.63, 3.8) is 0 Å². The highest BCUT2D eigenvalue weighted by Gasteiger charge is 2.40. The highest BCUT2D eigenvalue weighted by Crippen LogP contribution is 2.53. The summed E-state index contributed by atoms with van der Waals surface area (Å²) in [6, 6.07) is 50.6. The van der Waals surface area contributed by atoms with Gasteiger partial charge < -0.3 is 4.57 Å². The molecule has 0 saturated heterocycles. The predicted molar refractivity (Wildman–Crippen MR) is 202 cm³/mol. The molecule has 2 aliphatic carbocycles. The van der Waals surface area contributed by atoms with Crippen LogP contribution in [0.5, 0.6) is 0 Å². The average molecular weight is 630 g/mol. The van der Waals surface area contributed by atoms with Crippen LogP contribution < -0.4 is 0 Å². The molecule has 10 rings (SSSR count). The Balaban J connectivity index is 1.31. The fourth-order valence-corrected chi connectivity index (χ4v) is 8.74. The van der Waals surface area contributed by atoms with Crippen LogP contribution in [0.15, 0.2) is 140 Å². The van der Waals surface area contributed by atoms with Gasteiger partial charge >= 0.3 is 0 Å². The van der Waals surface area contributed by atoms with Crippen LogP contribution in [0.2, 0.25) is 0 Å². The molecule has 0 unspecified atom stereocenters. The van der Waals surface area contributed by atoms with E-state index in [9.17, 15) is 0 Å². The molecule has 0 saturated carbocycles. The Hall–Kier alpha value is -5.80. The predicted octanol–water partition coefficient (Wildman–Crippen LogP) is 11.5. The zero-order valence-electron chi connectivity index (χ0n) is 28.1. The summed E-state index contributed by atoms with van der Waals surface area (Å²) < 4.78 is 2.47. The Bertz CT molecular complexity index is 2660. The molecule has 0 aliphatic heterocycles. The highest BCUT2D eigenvalue weighted by molar-refractivity contribution is 6.12. The van der Waals surface area contributed by atoms with E-state index >= 15 is 0 Å². The lowest BCUT2D eigenvalue weighted by molar-refractivity contribution is 0.636. The van der Waals surface area contributed by atoms with Crippen LogP contribution in [0.3, 0.4) is 0 Å². The van der Waals surface area contributed by atoms with Gasteiger partial charge in [-0.3, -0.25) is 0 Å². The molecule has 6 aromatic carbocycles. The fourth-order valence-electron chi connectivity index (χ4n) is 8.74. The molecule has 0 amide bonds. The smallest absolute Gasteiger partial charge is 0.160 e. The SMILES string of the molecule is CC1(C)c2ccccc2-c2cc3c(cc21)c1ccccc1n3-c1ccccc1-c1nc(-c2ccccc2)nc2c1-c1ccccc1C2(C)C. The minimum atomic E-state index is -0.268. The van der Waals surface area contributed by atoms with E-state index in [4.69, 9.17) is 9.97 Å². The average Bonchev–Trinajstić information content (AvgIpc) is 3.67. The Morgan fingerprint density at radius 1 is 0.469 bits per heavy atom. The molecule has 0 fully saturated rings. The maximum absolute atomic E-state index is 5.46. The topological polar surface area (TPSA) is 30.7 Å². The van der Waals surface area contributed by atoms with E-state index in [-0.39, 0.29) is 10.8 Å². The minimum Gasteiger partial charge on any atom is -0.309 e. The first-order chi connectivity index (χ1) is 23.8. The van der Waals surface area contributed by atoms with Crippen LogP contribution in [-0.2, 0) is 10.8 Å². The third-order valence-corrected chi connectivity index (χ3v) is 11.2. The molecule has 2 heterocycles. The highest BCUT2D eigenvalue weighted by atomic mass is 15.0. The summed E-state index contributed by atoms with van der Waals surface area (Å²) in [5.41, 5.74) is 16.4. The molecule has 0 spiro atoms. The van der Waals surface area contributed by atoms with Crippen molar-refractivity contribution in [2.75, 3.05) is 0 Å². The number of aromatic nitrogens is 3. The summed E-state index contributed by atoms with van der Waals surface area (Å²) in [6.07, 6.45) is 0. The van der Waals surface area contributed by atoms with Crippen LogP contribution >= 0.6 is 0 Å². The van der Waals surface area contributed by atoms with Crippen molar-refractivity contribution in [2.45, 2.75) is 38.5 Å².